The van der Waals surface area contributed by atoms with Crippen molar-refractivity contribution in [3.8, 4) is 0 Å². The van der Waals surface area contributed by atoms with Crippen molar-refractivity contribution in [2.24, 2.45) is 0 Å². The molecule has 0 aromatic heterocycles. The first-order chi connectivity index (χ1) is 14.2. The molecule has 0 aliphatic heterocycles. The topological polar surface area (TPSA) is 35.3 Å². The van der Waals surface area contributed by atoms with Crippen LogP contribution in [-0.2, 0) is 11.0 Å². The van der Waals surface area contributed by atoms with E-state index in [1.165, 1.54) is 4.74 Å². The fraction of sp³-hybridized carbons (Fsp3) is 0.500. The summed E-state index contributed by atoms with van der Waals surface area (Å²) in [7, 11) is -2.09. The predicted octanol–water partition coefficient (Wildman–Crippen LogP) is 7.48. The molecule has 2 aromatic carbocycles. The third-order valence-corrected chi connectivity index (χ3v) is 10.6. The van der Waals surface area contributed by atoms with Gasteiger partial charge in [-0.2, -0.15) is 0 Å². The summed E-state index contributed by atoms with van der Waals surface area (Å²) in [5.41, 5.74) is 2.95. The van der Waals surface area contributed by atoms with Gasteiger partial charge in [0.15, 0.2) is 26.7 Å². The summed E-state index contributed by atoms with van der Waals surface area (Å²) in [5, 5.41) is 13.5. The molecule has 2 rings (SSSR count). The smallest absolute Gasteiger partial charge is 0.196 e. The van der Waals surface area contributed by atoms with E-state index in [4.69, 9.17) is 4.43 Å². The number of benzene rings is 2. The normalized spacial score (nSPS) is 14.3. The second-order valence-corrected chi connectivity index (χ2v) is 14.4. The molecule has 0 aliphatic rings. The Morgan fingerprint density at radius 1 is 0.967 bits per heavy atom. The average molecular weight is 426 g/mol. The highest BCUT2D eigenvalue weighted by Gasteiger charge is 2.42. The molecule has 164 valence electrons. The summed E-state index contributed by atoms with van der Waals surface area (Å²) < 4.78 is 8.09. The quantitative estimate of drug-likeness (QED) is 0.0987. The highest BCUT2D eigenvalue weighted by molar-refractivity contribution is 6.74. The standard InChI is InChI=1S/C26H39NO2Si/c1-7-8-11-20-24(27(28)21-22-16-12-9-13-17-22)25(23-18-14-10-15-19-23)29-30(5,6)26(2,3)4/h9-10,12-19,25H,7-8,11,20-21H2,1-6H3/b27-24+/t25-/m1/s1. The van der Waals surface area contributed by atoms with Gasteiger partial charge in [-0.3, -0.25) is 0 Å². The molecule has 4 heteroatoms. The van der Waals surface area contributed by atoms with Crippen LogP contribution in [0.2, 0.25) is 18.1 Å². The van der Waals surface area contributed by atoms with Gasteiger partial charge < -0.3 is 9.63 Å². The molecular formula is C26H39NO2Si. The van der Waals surface area contributed by atoms with Gasteiger partial charge in [-0.15, -0.1) is 0 Å². The first-order valence-corrected chi connectivity index (χ1v) is 14.1. The minimum atomic E-state index is -2.09. The highest BCUT2D eigenvalue weighted by Crippen LogP contribution is 2.40. The molecule has 0 radical (unpaired) electrons. The zero-order chi connectivity index (χ0) is 22.2. The summed E-state index contributed by atoms with van der Waals surface area (Å²) in [4.78, 5) is 0. The second kappa shape index (κ2) is 10.9. The summed E-state index contributed by atoms with van der Waals surface area (Å²) in [5.74, 6) is 0. The van der Waals surface area contributed by atoms with Crippen LogP contribution in [0.25, 0.3) is 0 Å². The van der Waals surface area contributed by atoms with Crippen molar-refractivity contribution in [2.75, 3.05) is 0 Å². The number of nitrogens with zero attached hydrogens (tertiary/aromatic N) is 1. The van der Waals surface area contributed by atoms with Crippen molar-refractivity contribution in [2.45, 2.75) is 84.2 Å². The Kier molecular flexibility index (Phi) is 8.87. The lowest BCUT2D eigenvalue weighted by Gasteiger charge is -2.39. The molecule has 0 unspecified atom stereocenters. The first-order valence-electron chi connectivity index (χ1n) is 11.2. The van der Waals surface area contributed by atoms with Crippen molar-refractivity contribution < 1.29 is 9.16 Å². The van der Waals surface area contributed by atoms with E-state index in [1.54, 1.807) is 0 Å². The van der Waals surface area contributed by atoms with Crippen LogP contribution in [0.15, 0.2) is 60.7 Å². The van der Waals surface area contributed by atoms with Gasteiger partial charge in [-0.05, 0) is 30.1 Å². The van der Waals surface area contributed by atoms with Gasteiger partial charge in [0.25, 0.3) is 0 Å². The van der Waals surface area contributed by atoms with Gasteiger partial charge in [-0.1, -0.05) is 101 Å². The van der Waals surface area contributed by atoms with Gasteiger partial charge in [0.05, 0.1) is 0 Å². The molecule has 0 spiro atoms. The van der Waals surface area contributed by atoms with Crippen LogP contribution in [0.5, 0.6) is 0 Å². The Morgan fingerprint density at radius 2 is 1.53 bits per heavy atom. The summed E-state index contributed by atoms with van der Waals surface area (Å²) in [6.45, 7) is 13.8. The van der Waals surface area contributed by atoms with Gasteiger partial charge in [0, 0.05) is 12.0 Å². The zero-order valence-electron chi connectivity index (χ0n) is 19.7. The van der Waals surface area contributed by atoms with Gasteiger partial charge in [0.1, 0.15) is 0 Å². The van der Waals surface area contributed by atoms with Crippen LogP contribution in [0.4, 0.5) is 0 Å². The van der Waals surface area contributed by atoms with Gasteiger partial charge in [-0.25, -0.2) is 4.74 Å². The highest BCUT2D eigenvalue weighted by atomic mass is 28.4. The van der Waals surface area contributed by atoms with Gasteiger partial charge in [0.2, 0.25) is 0 Å². The van der Waals surface area contributed by atoms with Crippen LogP contribution < -0.4 is 0 Å². The van der Waals surface area contributed by atoms with Crippen LogP contribution in [0.3, 0.4) is 0 Å². The predicted molar refractivity (Wildman–Crippen MR) is 130 cm³/mol. The largest absolute Gasteiger partial charge is 0.624 e. The Labute approximate surface area is 184 Å². The number of rotatable bonds is 10. The van der Waals surface area contributed by atoms with Gasteiger partial charge >= 0.3 is 0 Å². The Balaban J connectivity index is 2.49. The maximum Gasteiger partial charge on any atom is 0.196 e. The molecule has 2 aromatic rings. The fourth-order valence-corrected chi connectivity index (χ4v) is 4.44. The molecule has 1 atom stereocenters. The van der Waals surface area contributed by atoms with Crippen molar-refractivity contribution >= 4 is 14.0 Å². The van der Waals surface area contributed by atoms with E-state index in [0.717, 1.165) is 42.5 Å². The van der Waals surface area contributed by atoms with Crippen molar-refractivity contribution in [1.82, 2.24) is 0 Å². The number of unbranched alkanes of at least 4 members (excludes halogenated alkanes) is 2. The molecule has 0 fully saturated rings. The average Bonchev–Trinajstić information content (AvgIpc) is 2.70. The molecule has 30 heavy (non-hydrogen) atoms. The number of hydrogen-bond donors (Lipinski definition) is 0. The molecule has 0 bridgehead atoms. The minimum absolute atomic E-state index is 0.0711. The maximum absolute atomic E-state index is 13.5. The van der Waals surface area contributed by atoms with E-state index in [2.05, 4.69) is 52.9 Å². The summed E-state index contributed by atoms with van der Waals surface area (Å²) in [6.07, 6.45) is 3.71. The Morgan fingerprint density at radius 3 is 2.07 bits per heavy atom. The summed E-state index contributed by atoms with van der Waals surface area (Å²) >= 11 is 0. The first kappa shape index (κ1) is 24.4. The molecule has 3 nitrogen and oxygen atoms in total. The van der Waals surface area contributed by atoms with Crippen LogP contribution in [0, 0.1) is 5.21 Å². The number of hydrogen-bond acceptors (Lipinski definition) is 2. The third-order valence-electron chi connectivity index (χ3n) is 6.15. The lowest BCUT2D eigenvalue weighted by atomic mass is 10.00. The van der Waals surface area contributed by atoms with Crippen LogP contribution >= 0.6 is 0 Å². The molecule has 0 amide bonds. The lowest BCUT2D eigenvalue weighted by Crippen LogP contribution is -2.44. The van der Waals surface area contributed by atoms with E-state index in [9.17, 15) is 5.21 Å². The molecule has 0 N–H and O–H groups in total. The number of hydroxylamine groups is 1. The lowest BCUT2D eigenvalue weighted by molar-refractivity contribution is -0.479. The maximum atomic E-state index is 13.5. The van der Waals surface area contributed by atoms with E-state index < -0.39 is 8.32 Å². The Bertz CT molecular complexity index is 795. The molecule has 0 aliphatic carbocycles. The van der Waals surface area contributed by atoms with Crippen molar-refractivity contribution in [3.63, 3.8) is 0 Å². The Hall–Kier alpha value is -1.91. The summed E-state index contributed by atoms with van der Waals surface area (Å²) in [6, 6.07) is 20.3. The molecule has 0 saturated carbocycles. The molecule has 0 heterocycles. The third kappa shape index (κ3) is 6.81. The monoisotopic (exact) mass is 425 g/mol. The van der Waals surface area contributed by atoms with E-state index in [0.29, 0.717) is 6.54 Å². The van der Waals surface area contributed by atoms with Crippen molar-refractivity contribution in [1.29, 1.82) is 0 Å². The SMILES string of the molecule is CCCCC/C([C@H](O[Si](C)(C)C(C)(C)C)c1ccccc1)=[N+](\[O-])Cc1ccccc1. The zero-order valence-corrected chi connectivity index (χ0v) is 20.7. The van der Waals surface area contributed by atoms with E-state index in [-0.39, 0.29) is 11.1 Å². The fourth-order valence-electron chi connectivity index (χ4n) is 3.22. The minimum Gasteiger partial charge on any atom is -0.624 e. The van der Waals surface area contributed by atoms with Crippen LogP contribution in [-0.4, -0.2) is 18.8 Å². The van der Waals surface area contributed by atoms with E-state index in [1.807, 2.05) is 48.5 Å². The van der Waals surface area contributed by atoms with E-state index >= 15 is 0 Å². The second-order valence-electron chi connectivity index (χ2n) is 9.64. The van der Waals surface area contributed by atoms with Crippen molar-refractivity contribution in [3.05, 3.63) is 77.0 Å². The molecule has 0 saturated heterocycles. The van der Waals surface area contributed by atoms with Crippen LogP contribution in [0.1, 0.15) is 70.6 Å². The molecular weight excluding hydrogens is 386 g/mol.